The van der Waals surface area contributed by atoms with Crippen LogP contribution in [0.2, 0.25) is 5.02 Å². The van der Waals surface area contributed by atoms with Gasteiger partial charge in [0.2, 0.25) is 5.95 Å². The number of hydrogen-bond acceptors (Lipinski definition) is 3. The molecular formula is C15H18ClN5. The number of fused-ring (bicyclic) bond motifs is 1. The quantitative estimate of drug-likeness (QED) is 0.806. The van der Waals surface area contributed by atoms with Crippen molar-refractivity contribution in [1.82, 2.24) is 19.3 Å². The molecule has 0 bridgehead atoms. The Morgan fingerprint density at radius 2 is 1.95 bits per heavy atom. The van der Waals surface area contributed by atoms with Crippen molar-refractivity contribution in [3.05, 3.63) is 40.5 Å². The highest BCUT2D eigenvalue weighted by atomic mass is 35.5. The number of benzene rings is 1. The van der Waals surface area contributed by atoms with E-state index in [9.17, 15) is 0 Å². The number of hydrogen-bond donors (Lipinski definition) is 1. The summed E-state index contributed by atoms with van der Waals surface area (Å²) in [5, 5.41) is 5.24. The van der Waals surface area contributed by atoms with Crippen molar-refractivity contribution in [3.63, 3.8) is 0 Å². The van der Waals surface area contributed by atoms with Gasteiger partial charge in [0.05, 0.1) is 11.7 Å². The Labute approximate surface area is 128 Å². The molecular weight excluding hydrogens is 286 g/mol. The number of imidazole rings is 1. The zero-order chi connectivity index (χ0) is 15.1. The number of nitrogen functional groups attached to an aromatic ring is 1. The molecule has 5 nitrogen and oxygen atoms in total. The second-order valence-corrected chi connectivity index (χ2v) is 5.58. The lowest BCUT2D eigenvalue weighted by Gasteiger charge is -2.17. The summed E-state index contributed by atoms with van der Waals surface area (Å²) in [7, 11) is 0. The van der Waals surface area contributed by atoms with Crippen LogP contribution in [0.5, 0.6) is 0 Å². The van der Waals surface area contributed by atoms with E-state index >= 15 is 0 Å². The molecule has 0 fully saturated rings. The van der Waals surface area contributed by atoms with Crippen molar-refractivity contribution in [1.29, 1.82) is 0 Å². The molecule has 2 heterocycles. The zero-order valence-corrected chi connectivity index (χ0v) is 13.1. The normalized spacial score (nSPS) is 13.0. The maximum atomic E-state index is 6.14. The molecule has 2 aromatic heterocycles. The minimum atomic E-state index is 0.0636. The average Bonchev–Trinajstić information content (AvgIpc) is 2.96. The van der Waals surface area contributed by atoms with Crippen molar-refractivity contribution in [2.24, 2.45) is 0 Å². The van der Waals surface area contributed by atoms with Gasteiger partial charge in [-0.3, -0.25) is 4.57 Å². The van der Waals surface area contributed by atoms with E-state index in [1.165, 1.54) is 0 Å². The highest BCUT2D eigenvalue weighted by Crippen LogP contribution is 2.29. The summed E-state index contributed by atoms with van der Waals surface area (Å²) in [6.07, 6.45) is 0. The number of nitrogens with zero attached hydrogens (tertiary/aromatic N) is 4. The summed E-state index contributed by atoms with van der Waals surface area (Å²) < 4.78 is 3.97. The van der Waals surface area contributed by atoms with Gasteiger partial charge < -0.3 is 5.73 Å². The SMILES string of the molecule is CCn1nc(C)c2nc(N)n(C(C)c3ccc(Cl)cc3)c21. The van der Waals surface area contributed by atoms with E-state index in [4.69, 9.17) is 17.3 Å². The van der Waals surface area contributed by atoms with Crippen molar-refractivity contribution in [3.8, 4) is 0 Å². The molecule has 6 heteroatoms. The highest BCUT2D eigenvalue weighted by molar-refractivity contribution is 6.30. The summed E-state index contributed by atoms with van der Waals surface area (Å²) >= 11 is 5.96. The second kappa shape index (κ2) is 5.07. The summed E-state index contributed by atoms with van der Waals surface area (Å²) in [6, 6.07) is 7.86. The van der Waals surface area contributed by atoms with E-state index in [0.717, 1.165) is 34.0 Å². The first-order chi connectivity index (χ1) is 10.0. The van der Waals surface area contributed by atoms with Gasteiger partial charge in [0.15, 0.2) is 5.65 Å². The summed E-state index contributed by atoms with van der Waals surface area (Å²) in [6.45, 7) is 6.90. The highest BCUT2D eigenvalue weighted by Gasteiger charge is 2.21. The fourth-order valence-corrected chi connectivity index (χ4v) is 2.82. The van der Waals surface area contributed by atoms with Crippen LogP contribution in [0.15, 0.2) is 24.3 Å². The molecule has 1 atom stereocenters. The van der Waals surface area contributed by atoms with E-state index in [2.05, 4.69) is 23.9 Å². The van der Waals surface area contributed by atoms with Crippen molar-refractivity contribution in [2.45, 2.75) is 33.4 Å². The number of aromatic nitrogens is 4. The van der Waals surface area contributed by atoms with Gasteiger partial charge in [0, 0.05) is 11.6 Å². The van der Waals surface area contributed by atoms with Gasteiger partial charge in [0.1, 0.15) is 5.52 Å². The number of nitrogens with two attached hydrogens (primary N) is 1. The lowest BCUT2D eigenvalue weighted by Crippen LogP contribution is -2.13. The van der Waals surface area contributed by atoms with E-state index in [0.29, 0.717) is 5.95 Å². The van der Waals surface area contributed by atoms with Gasteiger partial charge in [-0.05, 0) is 38.5 Å². The molecule has 110 valence electrons. The fourth-order valence-electron chi connectivity index (χ4n) is 2.70. The van der Waals surface area contributed by atoms with Crippen LogP contribution in [0, 0.1) is 6.92 Å². The van der Waals surface area contributed by atoms with E-state index < -0.39 is 0 Å². The van der Waals surface area contributed by atoms with Gasteiger partial charge in [-0.2, -0.15) is 5.10 Å². The van der Waals surface area contributed by atoms with Crippen molar-refractivity contribution >= 4 is 28.7 Å². The maximum absolute atomic E-state index is 6.14. The van der Waals surface area contributed by atoms with Gasteiger partial charge >= 0.3 is 0 Å². The molecule has 0 saturated heterocycles. The standard InChI is InChI=1S/C15H18ClN5/c1-4-20-14-13(9(2)19-20)18-15(17)21(14)10(3)11-5-7-12(16)8-6-11/h5-8,10H,4H2,1-3H3,(H2,17,18). The van der Waals surface area contributed by atoms with E-state index in [1.807, 2.05) is 40.4 Å². The number of anilines is 1. The van der Waals surface area contributed by atoms with Crippen LogP contribution in [0.4, 0.5) is 5.95 Å². The monoisotopic (exact) mass is 303 g/mol. The first-order valence-electron chi connectivity index (χ1n) is 6.99. The van der Waals surface area contributed by atoms with Gasteiger partial charge in [-0.1, -0.05) is 23.7 Å². The fraction of sp³-hybridized carbons (Fsp3) is 0.333. The molecule has 0 spiro atoms. The van der Waals surface area contributed by atoms with Crippen LogP contribution in [0.1, 0.15) is 31.1 Å². The van der Waals surface area contributed by atoms with Crippen molar-refractivity contribution in [2.75, 3.05) is 5.73 Å². The Morgan fingerprint density at radius 1 is 1.29 bits per heavy atom. The lowest BCUT2D eigenvalue weighted by molar-refractivity contribution is 0.607. The smallest absolute Gasteiger partial charge is 0.203 e. The number of halogens is 1. The van der Waals surface area contributed by atoms with Crippen LogP contribution < -0.4 is 5.73 Å². The number of rotatable bonds is 3. The molecule has 0 aliphatic carbocycles. The van der Waals surface area contributed by atoms with Crippen LogP contribution in [-0.4, -0.2) is 19.3 Å². The Kier molecular flexibility index (Phi) is 3.37. The molecule has 3 aromatic rings. The first kappa shape index (κ1) is 13.9. The van der Waals surface area contributed by atoms with Crippen LogP contribution in [0.3, 0.4) is 0 Å². The molecule has 0 radical (unpaired) electrons. The maximum Gasteiger partial charge on any atom is 0.203 e. The Hall–Kier alpha value is -2.01. The predicted octanol–water partition coefficient (Wildman–Crippen LogP) is 3.41. The van der Waals surface area contributed by atoms with Crippen LogP contribution in [-0.2, 0) is 6.54 Å². The predicted molar refractivity (Wildman–Crippen MR) is 85.6 cm³/mol. The summed E-state index contributed by atoms with van der Waals surface area (Å²) in [5.41, 5.74) is 10.0. The van der Waals surface area contributed by atoms with Gasteiger partial charge in [-0.15, -0.1) is 0 Å². The molecule has 1 unspecified atom stereocenters. The Morgan fingerprint density at radius 3 is 2.57 bits per heavy atom. The molecule has 1 aromatic carbocycles. The van der Waals surface area contributed by atoms with Crippen LogP contribution in [0.25, 0.3) is 11.2 Å². The lowest BCUT2D eigenvalue weighted by atomic mass is 10.1. The molecule has 0 amide bonds. The molecule has 0 aliphatic heterocycles. The molecule has 21 heavy (non-hydrogen) atoms. The third-order valence-electron chi connectivity index (χ3n) is 3.81. The van der Waals surface area contributed by atoms with Gasteiger partial charge in [0.25, 0.3) is 0 Å². The van der Waals surface area contributed by atoms with E-state index in [1.54, 1.807) is 0 Å². The average molecular weight is 304 g/mol. The third kappa shape index (κ3) is 2.17. The van der Waals surface area contributed by atoms with Crippen LogP contribution >= 0.6 is 11.6 Å². The second-order valence-electron chi connectivity index (χ2n) is 5.14. The Balaban J connectivity index is 2.19. The first-order valence-corrected chi connectivity index (χ1v) is 7.37. The minimum absolute atomic E-state index is 0.0636. The molecule has 2 N–H and O–H groups in total. The largest absolute Gasteiger partial charge is 0.369 e. The minimum Gasteiger partial charge on any atom is -0.369 e. The third-order valence-corrected chi connectivity index (χ3v) is 4.06. The Bertz CT molecular complexity index is 785. The molecule has 3 rings (SSSR count). The summed E-state index contributed by atoms with van der Waals surface area (Å²) in [5.74, 6) is 0.509. The van der Waals surface area contributed by atoms with E-state index in [-0.39, 0.29) is 6.04 Å². The zero-order valence-electron chi connectivity index (χ0n) is 12.3. The van der Waals surface area contributed by atoms with Gasteiger partial charge in [-0.25, -0.2) is 9.67 Å². The number of aryl methyl sites for hydroxylation is 2. The topological polar surface area (TPSA) is 61.7 Å². The summed E-state index contributed by atoms with van der Waals surface area (Å²) in [4.78, 5) is 4.48. The molecule has 0 aliphatic rings. The van der Waals surface area contributed by atoms with Crippen molar-refractivity contribution < 1.29 is 0 Å². The molecule has 0 saturated carbocycles.